The fourth-order valence-corrected chi connectivity index (χ4v) is 7.93. The van der Waals surface area contributed by atoms with Crippen LogP contribution in [0.25, 0.3) is 0 Å². The molecule has 0 saturated carbocycles. The number of β-lactam (4-membered cyclic amide) rings is 1. The Labute approximate surface area is 255 Å². The van der Waals surface area contributed by atoms with E-state index in [-0.39, 0.29) is 34.6 Å². The normalized spacial score (nSPS) is 19.0. The smallest absolute Gasteiger partial charge is 0.353 e. The Balaban J connectivity index is 1.48. The minimum absolute atomic E-state index is 0.0897. The van der Waals surface area contributed by atoms with Gasteiger partial charge < -0.3 is 32.0 Å². The van der Waals surface area contributed by atoms with Crippen LogP contribution in [0.3, 0.4) is 0 Å². The van der Waals surface area contributed by atoms with E-state index in [1.54, 1.807) is 18.5 Å². The molecule has 19 heteroatoms. The van der Waals surface area contributed by atoms with E-state index >= 15 is 0 Å². The largest absolute Gasteiger partial charge is 0.477 e. The van der Waals surface area contributed by atoms with Crippen LogP contribution in [-0.2, 0) is 29.8 Å². The molecule has 3 amide bonds. The van der Waals surface area contributed by atoms with Gasteiger partial charge in [0.25, 0.3) is 11.8 Å². The second kappa shape index (κ2) is 14.7. The number of thiazole rings is 1. The minimum atomic E-state index is -1.28. The van der Waals surface area contributed by atoms with E-state index in [9.17, 15) is 28.7 Å². The maximum Gasteiger partial charge on any atom is 0.353 e. The predicted molar refractivity (Wildman–Crippen MR) is 158 cm³/mol. The van der Waals surface area contributed by atoms with Crippen LogP contribution >= 0.6 is 46.6 Å². The van der Waals surface area contributed by atoms with E-state index in [4.69, 9.17) is 16.3 Å². The summed E-state index contributed by atoms with van der Waals surface area (Å²) in [5.74, 6) is -1.47. The topological polar surface area (TPSA) is 215 Å². The number of hydrogen-bond acceptors (Lipinski definition) is 14. The van der Waals surface area contributed by atoms with Gasteiger partial charge in [-0.3, -0.25) is 24.3 Å². The molecule has 224 valence electrons. The molecule has 7 N–H and O–H groups in total. The lowest BCUT2D eigenvalue weighted by molar-refractivity contribution is -0.150. The summed E-state index contributed by atoms with van der Waals surface area (Å²) in [4.78, 5) is 64.5. The van der Waals surface area contributed by atoms with Crippen molar-refractivity contribution < 1.29 is 33.5 Å². The molecule has 1 saturated heterocycles. The van der Waals surface area contributed by atoms with Gasteiger partial charge in [0.1, 0.15) is 36.1 Å². The Hall–Kier alpha value is -3.39. The van der Waals surface area contributed by atoms with Gasteiger partial charge in [0, 0.05) is 44.8 Å². The molecule has 2 aromatic heterocycles. The third-order valence-corrected chi connectivity index (χ3v) is 10.1. The van der Waals surface area contributed by atoms with Crippen LogP contribution in [0.1, 0.15) is 11.3 Å². The van der Waals surface area contributed by atoms with Gasteiger partial charge >= 0.3 is 5.97 Å². The zero-order chi connectivity index (χ0) is 30.2. The van der Waals surface area contributed by atoms with Crippen LogP contribution < -0.4 is 22.1 Å². The summed E-state index contributed by atoms with van der Waals surface area (Å²) in [6, 6.07) is 0.716. The molecule has 0 aliphatic carbocycles. The van der Waals surface area contributed by atoms with Crippen molar-refractivity contribution in [3.8, 4) is 0 Å². The number of pyridine rings is 1. The molecular formula is C23H25FN8O6S4. The van der Waals surface area contributed by atoms with E-state index < -0.39 is 42.0 Å². The number of oxime groups is 1. The number of aliphatic carboxylic acids is 1. The standard InChI is InChI=1S/C23H25FN8O6S4/c24-2-4-38-31-16(12-7-41-23(26)29-12)19(34)30-17-20(35)32-18(22(36)37)14(8-40-21(17)32)42-13-1-3-27-5-11(13)6-39-9-15(25)28-10-33/h1,3,5,7,10,15,17,21H,2,4,6,8-9,25H2,(H2,26,29)(H,28,33)(H,30,34)(H,36,37)/b31-16-/t15?,17-,21+/m1/s1. The van der Waals surface area contributed by atoms with Crippen LogP contribution in [0.4, 0.5) is 9.52 Å². The van der Waals surface area contributed by atoms with Crippen molar-refractivity contribution in [2.75, 3.05) is 30.5 Å². The lowest BCUT2D eigenvalue weighted by Gasteiger charge is -2.49. The van der Waals surface area contributed by atoms with Crippen LogP contribution in [0.15, 0.2) is 44.5 Å². The molecule has 0 radical (unpaired) electrons. The van der Waals surface area contributed by atoms with Crippen molar-refractivity contribution in [3.63, 3.8) is 0 Å². The van der Waals surface area contributed by atoms with Crippen LogP contribution in [-0.4, -0.2) is 92.2 Å². The summed E-state index contributed by atoms with van der Waals surface area (Å²) in [6.45, 7) is -1.22. The highest BCUT2D eigenvalue weighted by molar-refractivity contribution is 8.06. The summed E-state index contributed by atoms with van der Waals surface area (Å²) in [5, 5.41) is 19.7. The number of carbonyl (C=O) groups is 4. The molecule has 14 nitrogen and oxygen atoms in total. The van der Waals surface area contributed by atoms with Crippen molar-refractivity contribution in [2.24, 2.45) is 10.9 Å². The minimum Gasteiger partial charge on any atom is -0.477 e. The number of anilines is 1. The molecular weight excluding hydrogens is 632 g/mol. The molecule has 3 atom stereocenters. The second-order valence-electron chi connectivity index (χ2n) is 8.46. The number of halogens is 1. The average molecular weight is 657 g/mol. The Bertz CT molecular complexity index is 1410. The van der Waals surface area contributed by atoms with Gasteiger partial charge in [-0.05, 0) is 11.6 Å². The summed E-state index contributed by atoms with van der Waals surface area (Å²) in [7, 11) is 0. The molecule has 2 aromatic rings. The maximum absolute atomic E-state index is 13.2. The third kappa shape index (κ3) is 7.33. The monoisotopic (exact) mass is 656 g/mol. The van der Waals surface area contributed by atoms with Crippen molar-refractivity contribution in [3.05, 3.63) is 45.7 Å². The zero-order valence-electron chi connectivity index (χ0n) is 21.6. The average Bonchev–Trinajstić information content (AvgIpc) is 3.40. The maximum atomic E-state index is 13.2. The molecule has 2 aliphatic heterocycles. The summed E-state index contributed by atoms with van der Waals surface area (Å²) in [5.41, 5.74) is 11.9. The number of carboxylic acids is 1. The van der Waals surface area contributed by atoms with Gasteiger partial charge in [0.15, 0.2) is 10.8 Å². The first-order valence-corrected chi connectivity index (χ1v) is 16.0. The number of nitrogens with one attached hydrogen (secondary N) is 2. The van der Waals surface area contributed by atoms with Gasteiger partial charge in [0.05, 0.1) is 6.17 Å². The quantitative estimate of drug-likeness (QED) is 0.0443. The van der Waals surface area contributed by atoms with E-state index in [0.29, 0.717) is 22.8 Å². The number of nitrogen functional groups attached to an aromatic ring is 1. The van der Waals surface area contributed by atoms with Crippen LogP contribution in [0.5, 0.6) is 0 Å². The second-order valence-corrected chi connectivity index (χ2v) is 12.6. The van der Waals surface area contributed by atoms with Crippen molar-refractivity contribution in [1.82, 2.24) is 25.5 Å². The van der Waals surface area contributed by atoms with Gasteiger partial charge in [-0.25, -0.2) is 14.2 Å². The van der Waals surface area contributed by atoms with E-state index in [1.807, 2.05) is 0 Å². The highest BCUT2D eigenvalue weighted by Crippen LogP contribution is 2.45. The number of nitrogens with two attached hydrogens (primary N) is 2. The van der Waals surface area contributed by atoms with Gasteiger partial charge in [-0.2, -0.15) is 11.8 Å². The highest BCUT2D eigenvalue weighted by atomic mass is 32.2. The summed E-state index contributed by atoms with van der Waals surface area (Å²) in [6.07, 6.45) is 3.28. The Kier molecular flexibility index (Phi) is 11.0. The molecule has 0 spiro atoms. The van der Waals surface area contributed by atoms with E-state index in [0.717, 1.165) is 26.7 Å². The molecule has 4 rings (SSSR count). The molecule has 42 heavy (non-hydrogen) atoms. The number of thioether (sulfide) groups is 3. The van der Waals surface area contributed by atoms with Crippen molar-refractivity contribution in [2.45, 2.75) is 28.2 Å². The molecule has 1 fully saturated rings. The molecule has 2 aliphatic rings. The Morgan fingerprint density at radius 2 is 2.24 bits per heavy atom. The number of hydrogen-bond donors (Lipinski definition) is 5. The van der Waals surface area contributed by atoms with Crippen molar-refractivity contribution in [1.29, 1.82) is 0 Å². The molecule has 1 unspecified atom stereocenters. The van der Waals surface area contributed by atoms with E-state index in [2.05, 4.69) is 25.8 Å². The third-order valence-electron chi connectivity index (χ3n) is 5.66. The summed E-state index contributed by atoms with van der Waals surface area (Å²) >= 11 is 5.05. The fourth-order valence-electron chi connectivity index (χ4n) is 3.81. The molecule has 0 bridgehead atoms. The fraction of sp³-hybridized carbons (Fsp3) is 0.348. The summed E-state index contributed by atoms with van der Waals surface area (Å²) < 4.78 is 12.5. The number of carbonyl (C=O) groups excluding carboxylic acids is 3. The predicted octanol–water partition coefficient (Wildman–Crippen LogP) is 0.563. The van der Waals surface area contributed by atoms with E-state index in [1.165, 1.54) is 40.7 Å². The number of carboxylic acid groups (broad SMARTS) is 1. The first kappa shape index (κ1) is 31.5. The number of alkyl halides is 1. The zero-order valence-corrected chi connectivity index (χ0v) is 24.9. The van der Waals surface area contributed by atoms with Gasteiger partial charge in [0.2, 0.25) is 6.41 Å². The van der Waals surface area contributed by atoms with Crippen molar-refractivity contribution >= 4 is 81.7 Å². The number of amides is 3. The van der Waals surface area contributed by atoms with Crippen LogP contribution in [0.2, 0.25) is 0 Å². The lowest BCUT2D eigenvalue weighted by Crippen LogP contribution is -2.71. The number of aromatic nitrogens is 2. The number of rotatable bonds is 15. The lowest BCUT2D eigenvalue weighted by atomic mass is 10.0. The molecule has 0 aromatic carbocycles. The Morgan fingerprint density at radius 1 is 1.43 bits per heavy atom. The first-order valence-electron chi connectivity index (χ1n) is 12.1. The highest BCUT2D eigenvalue weighted by Gasteiger charge is 2.54. The van der Waals surface area contributed by atoms with Gasteiger partial charge in [-0.1, -0.05) is 16.9 Å². The molecule has 4 heterocycles. The number of nitrogens with zero attached hydrogens (tertiary/aromatic N) is 4. The first-order chi connectivity index (χ1) is 20.2. The van der Waals surface area contributed by atoms with Crippen LogP contribution in [0, 0.1) is 0 Å². The number of fused-ring (bicyclic) bond motifs is 1. The SMILES string of the molecule is Nc1nc(/C(=N/OCCF)C(=O)N[C@@H]2C(=O)N3C(C(=O)O)=C(Sc4ccncc4CSCC(N)NC=O)CS[C@@H]23)cs1. The Morgan fingerprint density at radius 3 is 2.93 bits per heavy atom. The van der Waals surface area contributed by atoms with Gasteiger partial charge in [-0.15, -0.1) is 23.1 Å².